The van der Waals surface area contributed by atoms with Gasteiger partial charge in [-0.1, -0.05) is 25.5 Å². The standard InChI is InChI=1S/C21H34O3/c1-12(22)16-6-7-17-15-5-4-13-10-14(23)11-19(24)21(13,3)18(15)8-9-20(16,17)2/h4,12,14-19,22-24H,5-11H2,1-3H3/t12-,14?,15+,16-,17+,18+,19?,20-,21+/m1/s1. The van der Waals surface area contributed by atoms with Gasteiger partial charge in [0.1, 0.15) is 0 Å². The van der Waals surface area contributed by atoms with E-state index in [9.17, 15) is 15.3 Å². The Morgan fingerprint density at radius 3 is 2.58 bits per heavy atom. The summed E-state index contributed by atoms with van der Waals surface area (Å²) in [6.07, 6.45) is 8.42. The third-order valence-corrected chi connectivity index (χ3v) is 8.83. The highest BCUT2D eigenvalue weighted by atomic mass is 16.3. The normalized spacial score (nSPS) is 55.2. The molecular formula is C21H34O3. The van der Waals surface area contributed by atoms with E-state index in [0.717, 1.165) is 25.7 Å². The van der Waals surface area contributed by atoms with Crippen LogP contribution in [0.4, 0.5) is 0 Å². The SMILES string of the molecule is C[C@@H](O)[C@H]1CC[C@H]2[C@@H]3CC=C4CC(O)CC(O)[C@]4(C)[C@H]3CC[C@]12C. The first-order valence-corrected chi connectivity index (χ1v) is 10.0. The van der Waals surface area contributed by atoms with Crippen molar-refractivity contribution < 1.29 is 15.3 Å². The molecule has 4 aliphatic rings. The van der Waals surface area contributed by atoms with Crippen LogP contribution in [0, 0.1) is 34.5 Å². The molecule has 4 rings (SSSR count). The van der Waals surface area contributed by atoms with E-state index in [2.05, 4.69) is 19.9 Å². The maximum Gasteiger partial charge on any atom is 0.0658 e. The zero-order chi connectivity index (χ0) is 17.3. The Kier molecular flexibility index (Phi) is 3.95. The van der Waals surface area contributed by atoms with Crippen LogP contribution in [0.5, 0.6) is 0 Å². The maximum absolute atomic E-state index is 10.9. The van der Waals surface area contributed by atoms with Crippen LogP contribution >= 0.6 is 0 Å². The molecule has 0 amide bonds. The minimum absolute atomic E-state index is 0.146. The molecule has 3 saturated carbocycles. The van der Waals surface area contributed by atoms with E-state index >= 15 is 0 Å². The van der Waals surface area contributed by atoms with Gasteiger partial charge in [-0.2, -0.15) is 0 Å². The smallest absolute Gasteiger partial charge is 0.0658 e. The zero-order valence-corrected chi connectivity index (χ0v) is 15.4. The van der Waals surface area contributed by atoms with Crippen LogP contribution in [-0.4, -0.2) is 33.6 Å². The van der Waals surface area contributed by atoms with Gasteiger partial charge in [0.05, 0.1) is 18.3 Å². The molecule has 24 heavy (non-hydrogen) atoms. The number of hydrogen-bond acceptors (Lipinski definition) is 3. The van der Waals surface area contributed by atoms with Crippen molar-refractivity contribution in [3.8, 4) is 0 Å². The van der Waals surface area contributed by atoms with Crippen LogP contribution in [0.1, 0.15) is 65.7 Å². The predicted octanol–water partition coefficient (Wildman–Crippen LogP) is 3.28. The third-order valence-electron chi connectivity index (χ3n) is 8.83. The summed E-state index contributed by atoms with van der Waals surface area (Å²) in [6, 6.07) is 0. The second-order valence-corrected chi connectivity index (χ2v) is 9.70. The molecule has 3 nitrogen and oxygen atoms in total. The van der Waals surface area contributed by atoms with Crippen LogP contribution in [0.25, 0.3) is 0 Å². The van der Waals surface area contributed by atoms with E-state index in [-0.39, 0.29) is 23.0 Å². The first-order valence-electron chi connectivity index (χ1n) is 10.0. The first kappa shape index (κ1) is 17.1. The van der Waals surface area contributed by atoms with Crippen LogP contribution in [0.15, 0.2) is 11.6 Å². The molecular weight excluding hydrogens is 300 g/mol. The summed E-state index contributed by atoms with van der Waals surface area (Å²) < 4.78 is 0. The van der Waals surface area contributed by atoms with E-state index in [0.29, 0.717) is 30.1 Å². The van der Waals surface area contributed by atoms with Crippen molar-refractivity contribution in [3.05, 3.63) is 11.6 Å². The van der Waals surface area contributed by atoms with Gasteiger partial charge in [0.15, 0.2) is 0 Å². The fraction of sp³-hybridized carbons (Fsp3) is 0.905. The van der Waals surface area contributed by atoms with Crippen molar-refractivity contribution in [2.45, 2.75) is 84.0 Å². The summed E-state index contributed by atoms with van der Waals surface area (Å²) in [6.45, 7) is 6.65. The molecule has 0 saturated heterocycles. The van der Waals surface area contributed by atoms with E-state index < -0.39 is 6.10 Å². The van der Waals surface area contributed by atoms with Gasteiger partial charge in [0.2, 0.25) is 0 Å². The maximum atomic E-state index is 10.9. The second-order valence-electron chi connectivity index (χ2n) is 9.70. The highest BCUT2D eigenvalue weighted by Gasteiger charge is 2.60. The Morgan fingerprint density at radius 2 is 1.88 bits per heavy atom. The Hall–Kier alpha value is -0.380. The van der Waals surface area contributed by atoms with Gasteiger partial charge in [0, 0.05) is 11.8 Å². The van der Waals surface area contributed by atoms with E-state index in [1.165, 1.54) is 18.4 Å². The Morgan fingerprint density at radius 1 is 1.12 bits per heavy atom. The Bertz CT molecular complexity index is 541. The first-order chi connectivity index (χ1) is 11.3. The molecule has 0 radical (unpaired) electrons. The molecule has 3 fully saturated rings. The molecule has 0 aromatic rings. The minimum Gasteiger partial charge on any atom is -0.393 e. The Balaban J connectivity index is 1.68. The lowest BCUT2D eigenvalue weighted by Crippen LogP contribution is -2.55. The topological polar surface area (TPSA) is 60.7 Å². The van der Waals surface area contributed by atoms with Crippen LogP contribution in [0.2, 0.25) is 0 Å². The molecule has 2 unspecified atom stereocenters. The summed E-state index contributed by atoms with van der Waals surface area (Å²) in [5.74, 6) is 2.27. The Labute approximate surface area is 146 Å². The van der Waals surface area contributed by atoms with Crippen LogP contribution in [-0.2, 0) is 0 Å². The molecule has 0 bridgehead atoms. The lowest BCUT2D eigenvalue weighted by Gasteiger charge is -2.59. The molecule has 0 spiro atoms. The van der Waals surface area contributed by atoms with Gasteiger partial charge in [0.25, 0.3) is 0 Å². The van der Waals surface area contributed by atoms with Crippen molar-refractivity contribution in [2.24, 2.45) is 34.5 Å². The molecule has 3 heteroatoms. The molecule has 0 heterocycles. The lowest BCUT2D eigenvalue weighted by molar-refractivity contribution is -0.111. The van der Waals surface area contributed by atoms with Gasteiger partial charge in [-0.05, 0) is 74.5 Å². The number of aliphatic hydroxyl groups is 3. The molecule has 0 aliphatic heterocycles. The van der Waals surface area contributed by atoms with Crippen molar-refractivity contribution >= 4 is 0 Å². The zero-order valence-electron chi connectivity index (χ0n) is 15.4. The van der Waals surface area contributed by atoms with Gasteiger partial charge < -0.3 is 15.3 Å². The predicted molar refractivity (Wildman–Crippen MR) is 94.3 cm³/mol. The number of fused-ring (bicyclic) bond motifs is 5. The summed E-state index contributed by atoms with van der Waals surface area (Å²) in [4.78, 5) is 0. The number of hydrogen-bond donors (Lipinski definition) is 3. The van der Waals surface area contributed by atoms with Gasteiger partial charge in [-0.25, -0.2) is 0 Å². The van der Waals surface area contributed by atoms with E-state index in [1.807, 2.05) is 6.92 Å². The average Bonchev–Trinajstić information content (AvgIpc) is 2.86. The second kappa shape index (κ2) is 5.56. The highest BCUT2D eigenvalue weighted by molar-refractivity contribution is 5.27. The molecule has 3 N–H and O–H groups in total. The highest BCUT2D eigenvalue weighted by Crippen LogP contribution is 2.66. The molecule has 9 atom stereocenters. The van der Waals surface area contributed by atoms with Crippen molar-refractivity contribution in [3.63, 3.8) is 0 Å². The van der Waals surface area contributed by atoms with Crippen molar-refractivity contribution in [1.82, 2.24) is 0 Å². The quantitative estimate of drug-likeness (QED) is 0.645. The lowest BCUT2D eigenvalue weighted by atomic mass is 9.46. The number of aliphatic hydroxyl groups excluding tert-OH is 3. The van der Waals surface area contributed by atoms with Gasteiger partial charge in [-0.3, -0.25) is 0 Å². The van der Waals surface area contributed by atoms with Crippen LogP contribution in [0.3, 0.4) is 0 Å². The summed E-state index contributed by atoms with van der Waals surface area (Å²) in [7, 11) is 0. The van der Waals surface area contributed by atoms with Gasteiger partial charge >= 0.3 is 0 Å². The van der Waals surface area contributed by atoms with Crippen LogP contribution < -0.4 is 0 Å². The number of allylic oxidation sites excluding steroid dienone is 1. The fourth-order valence-corrected chi connectivity index (χ4v) is 7.53. The monoisotopic (exact) mass is 334 g/mol. The van der Waals surface area contributed by atoms with Gasteiger partial charge in [-0.15, -0.1) is 0 Å². The van der Waals surface area contributed by atoms with Crippen molar-refractivity contribution in [1.29, 1.82) is 0 Å². The minimum atomic E-state index is -0.418. The molecule has 0 aromatic heterocycles. The number of rotatable bonds is 1. The third kappa shape index (κ3) is 2.13. The summed E-state index contributed by atoms with van der Waals surface area (Å²) >= 11 is 0. The largest absolute Gasteiger partial charge is 0.393 e. The summed E-state index contributed by atoms with van der Waals surface area (Å²) in [5.41, 5.74) is 1.42. The fourth-order valence-electron chi connectivity index (χ4n) is 7.53. The average molecular weight is 335 g/mol. The van der Waals surface area contributed by atoms with E-state index in [1.54, 1.807) is 0 Å². The summed E-state index contributed by atoms with van der Waals surface area (Å²) in [5, 5.41) is 31.2. The van der Waals surface area contributed by atoms with E-state index in [4.69, 9.17) is 0 Å². The molecule has 0 aromatic carbocycles. The molecule has 136 valence electrons. The molecule has 4 aliphatic carbocycles. The van der Waals surface area contributed by atoms with Crippen molar-refractivity contribution in [2.75, 3.05) is 0 Å².